The average Bonchev–Trinajstić information content (AvgIpc) is 2.54. The van der Waals surface area contributed by atoms with Gasteiger partial charge in [-0.3, -0.25) is 14.3 Å². The van der Waals surface area contributed by atoms with E-state index < -0.39 is 10.0 Å². The SMILES string of the molecule is CC(=O)Nc1ccc(S(=O)(=O)Nc2ccccc2C(=O)NC(C)C)cc1. The number of rotatable bonds is 6. The first-order valence-corrected chi connectivity index (χ1v) is 9.48. The lowest BCUT2D eigenvalue weighted by atomic mass is 10.1. The molecular weight excluding hydrogens is 354 g/mol. The van der Waals surface area contributed by atoms with Gasteiger partial charge in [-0.15, -0.1) is 0 Å². The zero-order valence-corrected chi connectivity index (χ0v) is 15.6. The summed E-state index contributed by atoms with van der Waals surface area (Å²) >= 11 is 0. The Morgan fingerprint density at radius 2 is 1.58 bits per heavy atom. The normalized spacial score (nSPS) is 11.1. The van der Waals surface area contributed by atoms with Crippen molar-refractivity contribution in [3.8, 4) is 0 Å². The summed E-state index contributed by atoms with van der Waals surface area (Å²) in [4.78, 5) is 23.3. The third-order valence-corrected chi connectivity index (χ3v) is 4.70. The van der Waals surface area contributed by atoms with Crippen LogP contribution in [0, 0.1) is 0 Å². The summed E-state index contributed by atoms with van der Waals surface area (Å²) in [6, 6.07) is 12.1. The summed E-state index contributed by atoms with van der Waals surface area (Å²) in [5.41, 5.74) is 0.921. The third-order valence-electron chi connectivity index (χ3n) is 3.32. The Morgan fingerprint density at radius 1 is 0.962 bits per heavy atom. The molecule has 2 rings (SSSR count). The van der Waals surface area contributed by atoms with E-state index in [1.807, 2.05) is 13.8 Å². The second-order valence-electron chi connectivity index (χ2n) is 5.98. The largest absolute Gasteiger partial charge is 0.350 e. The highest BCUT2D eigenvalue weighted by molar-refractivity contribution is 7.92. The number of carbonyl (C=O) groups is 2. The van der Waals surface area contributed by atoms with Gasteiger partial charge in [-0.05, 0) is 50.2 Å². The molecular formula is C18H21N3O4S. The van der Waals surface area contributed by atoms with Crippen molar-refractivity contribution >= 4 is 33.2 Å². The van der Waals surface area contributed by atoms with Crippen LogP contribution in [0.5, 0.6) is 0 Å². The Hall–Kier alpha value is -2.87. The minimum absolute atomic E-state index is 0.0191. The number of amides is 2. The smallest absolute Gasteiger partial charge is 0.261 e. The molecule has 2 amide bonds. The Bertz CT molecular complexity index is 906. The molecule has 26 heavy (non-hydrogen) atoms. The van der Waals surface area contributed by atoms with Crippen molar-refractivity contribution < 1.29 is 18.0 Å². The molecule has 8 heteroatoms. The fraction of sp³-hybridized carbons (Fsp3) is 0.222. The van der Waals surface area contributed by atoms with E-state index in [0.29, 0.717) is 5.69 Å². The Labute approximate surface area is 152 Å². The molecule has 0 bridgehead atoms. The van der Waals surface area contributed by atoms with Gasteiger partial charge in [0.1, 0.15) is 0 Å². The maximum Gasteiger partial charge on any atom is 0.261 e. The van der Waals surface area contributed by atoms with Crippen LogP contribution in [0.2, 0.25) is 0 Å². The molecule has 0 aromatic heterocycles. The molecule has 0 radical (unpaired) electrons. The van der Waals surface area contributed by atoms with Crippen LogP contribution in [-0.4, -0.2) is 26.3 Å². The van der Waals surface area contributed by atoms with Crippen LogP contribution in [0.1, 0.15) is 31.1 Å². The maximum absolute atomic E-state index is 12.6. The van der Waals surface area contributed by atoms with Crippen LogP contribution in [-0.2, 0) is 14.8 Å². The molecule has 2 aromatic carbocycles. The minimum Gasteiger partial charge on any atom is -0.350 e. The fourth-order valence-electron chi connectivity index (χ4n) is 2.23. The van der Waals surface area contributed by atoms with Gasteiger partial charge < -0.3 is 10.6 Å². The van der Waals surface area contributed by atoms with E-state index in [2.05, 4.69) is 15.4 Å². The van der Waals surface area contributed by atoms with Gasteiger partial charge in [0.05, 0.1) is 16.1 Å². The number of hydrogen-bond donors (Lipinski definition) is 3. The zero-order chi connectivity index (χ0) is 19.3. The van der Waals surface area contributed by atoms with E-state index >= 15 is 0 Å². The van der Waals surface area contributed by atoms with Crippen LogP contribution < -0.4 is 15.4 Å². The topological polar surface area (TPSA) is 104 Å². The molecule has 0 atom stereocenters. The zero-order valence-electron chi connectivity index (χ0n) is 14.7. The van der Waals surface area contributed by atoms with Gasteiger partial charge >= 0.3 is 0 Å². The second kappa shape index (κ2) is 8.01. The van der Waals surface area contributed by atoms with Gasteiger partial charge in [-0.25, -0.2) is 8.42 Å². The van der Waals surface area contributed by atoms with E-state index in [9.17, 15) is 18.0 Å². The molecule has 7 nitrogen and oxygen atoms in total. The molecule has 0 saturated heterocycles. The van der Waals surface area contributed by atoms with Gasteiger partial charge in [0.25, 0.3) is 15.9 Å². The number of nitrogens with one attached hydrogen (secondary N) is 3. The van der Waals surface area contributed by atoms with Crippen molar-refractivity contribution in [3.05, 3.63) is 54.1 Å². The van der Waals surface area contributed by atoms with E-state index in [1.165, 1.54) is 37.3 Å². The number of anilines is 2. The molecule has 0 heterocycles. The standard InChI is InChI=1S/C18H21N3O4S/c1-12(2)19-18(23)16-6-4-5-7-17(16)21-26(24,25)15-10-8-14(9-11-15)20-13(3)22/h4-12,21H,1-3H3,(H,19,23)(H,20,22). The summed E-state index contributed by atoms with van der Waals surface area (Å²) in [7, 11) is -3.89. The highest BCUT2D eigenvalue weighted by Gasteiger charge is 2.19. The van der Waals surface area contributed by atoms with Crippen molar-refractivity contribution in [3.63, 3.8) is 0 Å². The molecule has 0 fully saturated rings. The Morgan fingerprint density at radius 3 is 2.15 bits per heavy atom. The van der Waals surface area contributed by atoms with Gasteiger partial charge in [0.2, 0.25) is 5.91 Å². The van der Waals surface area contributed by atoms with E-state index in [4.69, 9.17) is 0 Å². The van der Waals surface area contributed by atoms with Crippen molar-refractivity contribution in [2.75, 3.05) is 10.0 Å². The minimum atomic E-state index is -3.89. The van der Waals surface area contributed by atoms with Gasteiger partial charge in [-0.2, -0.15) is 0 Å². The second-order valence-corrected chi connectivity index (χ2v) is 7.67. The van der Waals surface area contributed by atoms with Crippen LogP contribution in [0.15, 0.2) is 53.4 Å². The lowest BCUT2D eigenvalue weighted by Gasteiger charge is -2.14. The molecule has 0 unspecified atom stereocenters. The molecule has 0 saturated carbocycles. The average molecular weight is 375 g/mol. The number of benzene rings is 2. The number of hydrogen-bond acceptors (Lipinski definition) is 4. The highest BCUT2D eigenvalue weighted by Crippen LogP contribution is 2.21. The monoisotopic (exact) mass is 375 g/mol. The maximum atomic E-state index is 12.6. The molecule has 138 valence electrons. The Balaban J connectivity index is 2.27. The first-order valence-electron chi connectivity index (χ1n) is 7.99. The van der Waals surface area contributed by atoms with Crippen LogP contribution in [0.4, 0.5) is 11.4 Å². The van der Waals surface area contributed by atoms with Crippen molar-refractivity contribution in [2.45, 2.75) is 31.7 Å². The van der Waals surface area contributed by atoms with Crippen LogP contribution >= 0.6 is 0 Å². The van der Waals surface area contributed by atoms with Gasteiger partial charge in [0, 0.05) is 18.7 Å². The van der Waals surface area contributed by atoms with E-state index in [0.717, 1.165) is 0 Å². The molecule has 3 N–H and O–H groups in total. The van der Waals surface area contributed by atoms with Crippen LogP contribution in [0.3, 0.4) is 0 Å². The summed E-state index contributed by atoms with van der Waals surface area (Å²) in [6.07, 6.45) is 0. The lowest BCUT2D eigenvalue weighted by molar-refractivity contribution is -0.114. The van der Waals surface area contributed by atoms with E-state index in [1.54, 1.807) is 18.2 Å². The van der Waals surface area contributed by atoms with Crippen LogP contribution in [0.25, 0.3) is 0 Å². The van der Waals surface area contributed by atoms with Gasteiger partial charge in [-0.1, -0.05) is 12.1 Å². The predicted octanol–water partition coefficient (Wildman–Crippen LogP) is 2.58. The molecule has 0 spiro atoms. The Kier molecular flexibility index (Phi) is 5.99. The third kappa shape index (κ3) is 5.06. The summed E-state index contributed by atoms with van der Waals surface area (Å²) < 4.78 is 27.6. The number of para-hydroxylation sites is 1. The fourth-order valence-corrected chi connectivity index (χ4v) is 3.31. The molecule has 0 aliphatic carbocycles. The van der Waals surface area contributed by atoms with Gasteiger partial charge in [0.15, 0.2) is 0 Å². The number of carbonyl (C=O) groups excluding carboxylic acids is 2. The molecule has 2 aromatic rings. The summed E-state index contributed by atoms with van der Waals surface area (Å²) in [6.45, 7) is 5.01. The highest BCUT2D eigenvalue weighted by atomic mass is 32.2. The lowest BCUT2D eigenvalue weighted by Crippen LogP contribution is -2.31. The first-order chi connectivity index (χ1) is 12.2. The molecule has 0 aliphatic heterocycles. The predicted molar refractivity (Wildman–Crippen MR) is 101 cm³/mol. The number of sulfonamides is 1. The quantitative estimate of drug-likeness (QED) is 0.722. The van der Waals surface area contributed by atoms with E-state index in [-0.39, 0.29) is 34.0 Å². The van der Waals surface area contributed by atoms with Crippen molar-refractivity contribution in [2.24, 2.45) is 0 Å². The molecule has 0 aliphatic rings. The summed E-state index contributed by atoms with van der Waals surface area (Å²) in [5.74, 6) is -0.608. The van der Waals surface area contributed by atoms with Crippen molar-refractivity contribution in [1.82, 2.24) is 5.32 Å². The first kappa shape index (κ1) is 19.5. The van der Waals surface area contributed by atoms with Crippen molar-refractivity contribution in [1.29, 1.82) is 0 Å². The summed E-state index contributed by atoms with van der Waals surface area (Å²) in [5, 5.41) is 5.30.